The van der Waals surface area contributed by atoms with Gasteiger partial charge in [-0.1, -0.05) is 0 Å². The lowest BCUT2D eigenvalue weighted by Gasteiger charge is -2.39. The molecule has 0 amide bonds. The number of aliphatic hydroxyl groups is 1. The lowest BCUT2D eigenvalue weighted by Crippen LogP contribution is -2.57. The minimum atomic E-state index is -1.42. The van der Waals surface area contributed by atoms with Crippen molar-refractivity contribution >= 4 is 31.1 Å². The molecule has 7 heteroatoms. The molecule has 2 heterocycles. The minimum Gasteiger partial charge on any atom is -0.369 e. The summed E-state index contributed by atoms with van der Waals surface area (Å²) in [6.45, 7) is 1.50. The Kier molecular flexibility index (Phi) is 7.47. The van der Waals surface area contributed by atoms with Crippen molar-refractivity contribution in [2.24, 2.45) is 5.73 Å². The van der Waals surface area contributed by atoms with Crippen molar-refractivity contribution in [3.63, 3.8) is 0 Å². The fourth-order valence-corrected chi connectivity index (χ4v) is 2.34. The van der Waals surface area contributed by atoms with Gasteiger partial charge in [-0.25, -0.2) is 0 Å². The van der Waals surface area contributed by atoms with Gasteiger partial charge in [-0.2, -0.15) is 0 Å². The SMILES string of the molecule is Cl.Cl.N[C@@H](C=O)[C@@](O)(c1ccncc1)N1CCCC1. The van der Waals surface area contributed by atoms with Crippen LogP contribution in [-0.2, 0) is 10.5 Å². The first-order valence-electron chi connectivity index (χ1n) is 5.78. The van der Waals surface area contributed by atoms with E-state index in [4.69, 9.17) is 5.73 Å². The van der Waals surface area contributed by atoms with Crippen molar-refractivity contribution in [2.45, 2.75) is 24.6 Å². The summed E-state index contributed by atoms with van der Waals surface area (Å²) in [6.07, 6.45) is 5.80. The zero-order valence-electron chi connectivity index (χ0n) is 10.4. The minimum absolute atomic E-state index is 0. The monoisotopic (exact) mass is 307 g/mol. The Morgan fingerprint density at radius 2 is 1.84 bits per heavy atom. The molecule has 1 aromatic heterocycles. The van der Waals surface area contributed by atoms with Crippen LogP contribution < -0.4 is 5.73 Å². The Labute approximate surface area is 125 Å². The number of rotatable bonds is 4. The van der Waals surface area contributed by atoms with Crippen LogP contribution in [0.4, 0.5) is 0 Å². The maximum absolute atomic E-state index is 11.0. The number of nitrogens with zero attached hydrogens (tertiary/aromatic N) is 2. The van der Waals surface area contributed by atoms with Crippen LogP contribution in [0.3, 0.4) is 0 Å². The number of aldehydes is 1. The molecule has 0 bridgehead atoms. The summed E-state index contributed by atoms with van der Waals surface area (Å²) >= 11 is 0. The molecule has 1 aliphatic rings. The molecule has 1 saturated heterocycles. The fourth-order valence-electron chi connectivity index (χ4n) is 2.34. The Hall–Kier alpha value is -0.720. The highest BCUT2D eigenvalue weighted by atomic mass is 35.5. The van der Waals surface area contributed by atoms with E-state index in [0.29, 0.717) is 11.8 Å². The zero-order chi connectivity index (χ0) is 12.3. The molecule has 3 N–H and O–H groups in total. The molecule has 0 aromatic carbocycles. The maximum Gasteiger partial charge on any atom is 0.166 e. The molecular formula is C12H19Cl2N3O2. The van der Waals surface area contributed by atoms with E-state index < -0.39 is 11.8 Å². The molecule has 108 valence electrons. The number of hydrogen-bond donors (Lipinski definition) is 2. The molecule has 2 atom stereocenters. The van der Waals surface area contributed by atoms with Gasteiger partial charge < -0.3 is 15.6 Å². The summed E-state index contributed by atoms with van der Waals surface area (Å²) in [5, 5.41) is 10.8. The highest BCUT2D eigenvalue weighted by Gasteiger charge is 2.43. The average Bonchev–Trinajstić information content (AvgIpc) is 2.92. The van der Waals surface area contributed by atoms with Crippen LogP contribution in [0.1, 0.15) is 18.4 Å². The third kappa shape index (κ3) is 3.43. The fraction of sp³-hybridized carbons (Fsp3) is 0.500. The van der Waals surface area contributed by atoms with E-state index in [1.165, 1.54) is 0 Å². The summed E-state index contributed by atoms with van der Waals surface area (Å²) in [5.74, 6) is 0. The number of pyridine rings is 1. The van der Waals surface area contributed by atoms with E-state index in [0.717, 1.165) is 25.9 Å². The summed E-state index contributed by atoms with van der Waals surface area (Å²) < 4.78 is 0. The second-order valence-corrected chi connectivity index (χ2v) is 4.32. The topological polar surface area (TPSA) is 79.5 Å². The molecule has 19 heavy (non-hydrogen) atoms. The maximum atomic E-state index is 11.0. The number of hydrogen-bond acceptors (Lipinski definition) is 5. The van der Waals surface area contributed by atoms with Crippen LogP contribution in [0.2, 0.25) is 0 Å². The van der Waals surface area contributed by atoms with Crippen LogP contribution >= 0.6 is 24.8 Å². The third-order valence-corrected chi connectivity index (χ3v) is 3.30. The summed E-state index contributed by atoms with van der Waals surface area (Å²) in [4.78, 5) is 16.7. The van der Waals surface area contributed by atoms with E-state index in [-0.39, 0.29) is 24.8 Å². The second-order valence-electron chi connectivity index (χ2n) is 4.32. The highest BCUT2D eigenvalue weighted by Crippen LogP contribution is 2.30. The first-order valence-corrected chi connectivity index (χ1v) is 5.78. The molecule has 1 fully saturated rings. The van der Waals surface area contributed by atoms with Crippen LogP contribution in [-0.4, -0.2) is 40.4 Å². The molecule has 1 aliphatic heterocycles. The molecule has 0 saturated carbocycles. The van der Waals surface area contributed by atoms with Gasteiger partial charge in [0.25, 0.3) is 0 Å². The molecule has 0 radical (unpaired) electrons. The van der Waals surface area contributed by atoms with Gasteiger partial charge >= 0.3 is 0 Å². The van der Waals surface area contributed by atoms with Crippen LogP contribution in [0.15, 0.2) is 24.5 Å². The molecule has 2 rings (SSSR count). The Morgan fingerprint density at radius 3 is 2.32 bits per heavy atom. The number of carbonyl (C=O) groups is 1. The number of halogens is 2. The molecule has 1 aromatic rings. The first-order chi connectivity index (χ1) is 8.19. The van der Waals surface area contributed by atoms with Crippen molar-refractivity contribution in [1.29, 1.82) is 0 Å². The van der Waals surface area contributed by atoms with Crippen LogP contribution in [0.25, 0.3) is 0 Å². The quantitative estimate of drug-likeness (QED) is 0.800. The number of nitrogens with two attached hydrogens (primary N) is 1. The van der Waals surface area contributed by atoms with Crippen molar-refractivity contribution in [2.75, 3.05) is 13.1 Å². The number of likely N-dealkylation sites (tertiary alicyclic amines) is 1. The van der Waals surface area contributed by atoms with Crippen LogP contribution in [0.5, 0.6) is 0 Å². The van der Waals surface area contributed by atoms with Crippen molar-refractivity contribution < 1.29 is 9.90 Å². The Morgan fingerprint density at radius 1 is 1.32 bits per heavy atom. The highest BCUT2D eigenvalue weighted by molar-refractivity contribution is 5.85. The van der Waals surface area contributed by atoms with Gasteiger partial charge in [0.15, 0.2) is 5.72 Å². The van der Waals surface area contributed by atoms with Crippen molar-refractivity contribution in [3.8, 4) is 0 Å². The van der Waals surface area contributed by atoms with Gasteiger partial charge in [0, 0.05) is 31.0 Å². The molecule has 0 unspecified atom stereocenters. The zero-order valence-corrected chi connectivity index (χ0v) is 12.1. The van der Waals surface area contributed by atoms with Gasteiger partial charge in [-0.15, -0.1) is 24.8 Å². The molecule has 0 spiro atoms. The van der Waals surface area contributed by atoms with E-state index in [9.17, 15) is 9.90 Å². The third-order valence-electron chi connectivity index (χ3n) is 3.30. The molecular weight excluding hydrogens is 289 g/mol. The smallest absolute Gasteiger partial charge is 0.166 e. The summed E-state index contributed by atoms with van der Waals surface area (Å²) in [7, 11) is 0. The van der Waals surface area contributed by atoms with Gasteiger partial charge in [0.05, 0.1) is 0 Å². The molecule has 5 nitrogen and oxygen atoms in total. The van der Waals surface area contributed by atoms with E-state index in [1.54, 1.807) is 24.5 Å². The Bertz CT molecular complexity index is 388. The van der Waals surface area contributed by atoms with Gasteiger partial charge in [-0.05, 0) is 25.0 Å². The predicted molar refractivity (Wildman–Crippen MR) is 77.5 cm³/mol. The lowest BCUT2D eigenvalue weighted by atomic mass is 9.95. The largest absolute Gasteiger partial charge is 0.369 e. The summed E-state index contributed by atoms with van der Waals surface area (Å²) in [5.41, 5.74) is 4.99. The van der Waals surface area contributed by atoms with Gasteiger partial charge in [0.2, 0.25) is 0 Å². The van der Waals surface area contributed by atoms with Crippen LogP contribution in [0, 0.1) is 0 Å². The normalized spacial score (nSPS) is 19.7. The second kappa shape index (κ2) is 7.77. The summed E-state index contributed by atoms with van der Waals surface area (Å²) in [6, 6.07) is 2.44. The van der Waals surface area contributed by atoms with Gasteiger partial charge in [-0.3, -0.25) is 9.88 Å². The van der Waals surface area contributed by atoms with Crippen molar-refractivity contribution in [3.05, 3.63) is 30.1 Å². The Balaban J connectivity index is 0.00000162. The average molecular weight is 308 g/mol. The lowest BCUT2D eigenvalue weighted by molar-refractivity contribution is -0.139. The predicted octanol–water partition coefficient (Wildman–Crippen LogP) is 0.692. The van der Waals surface area contributed by atoms with Crippen molar-refractivity contribution in [1.82, 2.24) is 9.88 Å². The first kappa shape index (κ1) is 18.3. The molecule has 0 aliphatic carbocycles. The standard InChI is InChI=1S/C12H17N3O2.2ClH/c13-11(9-16)12(17,15-7-1-2-8-15)10-3-5-14-6-4-10;;/h3-6,9,11,17H,1-2,7-8,13H2;2*1H/t11-,12-;;/m0../s1. The van der Waals surface area contributed by atoms with E-state index in [1.807, 2.05) is 4.90 Å². The number of carbonyl (C=O) groups excluding carboxylic acids is 1. The number of aromatic nitrogens is 1. The van der Waals surface area contributed by atoms with E-state index >= 15 is 0 Å². The van der Waals surface area contributed by atoms with E-state index in [2.05, 4.69) is 4.98 Å². The van der Waals surface area contributed by atoms with Gasteiger partial charge in [0.1, 0.15) is 12.3 Å².